The molecule has 0 aliphatic heterocycles. The van der Waals surface area contributed by atoms with Gasteiger partial charge < -0.3 is 10.0 Å². The number of carboxylic acid groups (broad SMARTS) is 1. The molecule has 0 aliphatic carbocycles. The van der Waals surface area contributed by atoms with Gasteiger partial charge in [0.05, 0.1) is 6.42 Å². The lowest BCUT2D eigenvalue weighted by atomic mass is 10.2. The molecule has 15 heavy (non-hydrogen) atoms. The lowest BCUT2D eigenvalue weighted by Gasteiger charge is -2.15. The second-order valence-electron chi connectivity index (χ2n) is 3.41. The molecule has 5 heteroatoms. The predicted octanol–water partition coefficient (Wildman–Crippen LogP) is 1.45. The second-order valence-corrected chi connectivity index (χ2v) is 4.39. The molecule has 0 aromatic rings. The highest BCUT2D eigenvalue weighted by Crippen LogP contribution is 2.04. The van der Waals surface area contributed by atoms with Gasteiger partial charge in [-0.15, -0.1) is 0 Å². The number of hydrogen-bond donors (Lipinski definition) is 1. The predicted molar refractivity (Wildman–Crippen MR) is 62.1 cm³/mol. The number of thioether (sulfide) groups is 1. The number of carbonyl (C=O) groups excluding carboxylic acids is 1. The van der Waals surface area contributed by atoms with Gasteiger partial charge in [-0.25, -0.2) is 0 Å². The third kappa shape index (κ3) is 8.30. The van der Waals surface area contributed by atoms with E-state index in [1.165, 1.54) is 4.90 Å². The van der Waals surface area contributed by atoms with E-state index < -0.39 is 5.97 Å². The van der Waals surface area contributed by atoms with Gasteiger partial charge in [0.2, 0.25) is 5.91 Å². The molecule has 0 radical (unpaired) electrons. The summed E-state index contributed by atoms with van der Waals surface area (Å²) in [5, 5.41) is 8.45. The first-order valence-corrected chi connectivity index (χ1v) is 6.42. The molecule has 0 saturated carbocycles. The van der Waals surface area contributed by atoms with Crippen LogP contribution in [0.3, 0.4) is 0 Å². The van der Waals surface area contributed by atoms with Gasteiger partial charge in [-0.2, -0.15) is 11.8 Å². The number of unbranched alkanes of at least 4 members (excludes halogenated alkanes) is 1. The van der Waals surface area contributed by atoms with Crippen LogP contribution >= 0.6 is 11.8 Å². The van der Waals surface area contributed by atoms with Crippen molar-refractivity contribution in [2.24, 2.45) is 0 Å². The molecule has 0 saturated heterocycles. The highest BCUT2D eigenvalue weighted by Gasteiger charge is 2.09. The average molecular weight is 233 g/mol. The molecule has 0 aliphatic rings. The molecular weight excluding hydrogens is 214 g/mol. The Kier molecular flexibility index (Phi) is 8.18. The maximum absolute atomic E-state index is 11.4. The Balaban J connectivity index is 3.55. The number of nitrogens with zero attached hydrogens (tertiary/aromatic N) is 1. The van der Waals surface area contributed by atoms with Crippen molar-refractivity contribution in [1.29, 1.82) is 0 Å². The Labute approximate surface area is 95.0 Å². The third-order valence-corrected chi connectivity index (χ3v) is 2.77. The first kappa shape index (κ1) is 14.3. The molecule has 0 aromatic heterocycles. The van der Waals surface area contributed by atoms with E-state index in [2.05, 4.69) is 0 Å². The van der Waals surface area contributed by atoms with E-state index in [1.807, 2.05) is 6.26 Å². The van der Waals surface area contributed by atoms with Crippen molar-refractivity contribution in [3.63, 3.8) is 0 Å². The highest BCUT2D eigenvalue weighted by atomic mass is 32.2. The van der Waals surface area contributed by atoms with Gasteiger partial charge in [0.15, 0.2) is 0 Å². The molecule has 0 unspecified atom stereocenters. The van der Waals surface area contributed by atoms with Crippen LogP contribution in [0.25, 0.3) is 0 Å². The van der Waals surface area contributed by atoms with E-state index in [9.17, 15) is 9.59 Å². The number of aliphatic carboxylic acids is 1. The van der Waals surface area contributed by atoms with E-state index >= 15 is 0 Å². The maximum Gasteiger partial charge on any atom is 0.305 e. The number of carbonyl (C=O) groups is 2. The largest absolute Gasteiger partial charge is 0.481 e. The van der Waals surface area contributed by atoms with Crippen molar-refractivity contribution < 1.29 is 14.7 Å². The summed E-state index contributed by atoms with van der Waals surface area (Å²) < 4.78 is 0. The Hall–Kier alpha value is -0.710. The summed E-state index contributed by atoms with van der Waals surface area (Å²) in [5.74, 6) is 0.251. The van der Waals surface area contributed by atoms with Gasteiger partial charge in [-0.1, -0.05) is 0 Å². The van der Waals surface area contributed by atoms with E-state index in [0.29, 0.717) is 13.0 Å². The molecule has 0 heterocycles. The Bertz CT molecular complexity index is 209. The van der Waals surface area contributed by atoms with Crippen molar-refractivity contribution in [1.82, 2.24) is 4.90 Å². The fourth-order valence-corrected chi connectivity index (χ4v) is 1.59. The molecular formula is C10H19NO3S. The van der Waals surface area contributed by atoms with Crippen LogP contribution in [0, 0.1) is 0 Å². The molecule has 1 amide bonds. The number of hydrogen-bond acceptors (Lipinski definition) is 3. The second kappa shape index (κ2) is 8.59. The smallest absolute Gasteiger partial charge is 0.305 e. The van der Waals surface area contributed by atoms with E-state index in [0.717, 1.165) is 18.6 Å². The molecule has 4 nitrogen and oxygen atoms in total. The van der Waals surface area contributed by atoms with Gasteiger partial charge in [0, 0.05) is 20.0 Å². The summed E-state index contributed by atoms with van der Waals surface area (Å²) in [7, 11) is 1.65. The lowest BCUT2D eigenvalue weighted by Crippen LogP contribution is -2.28. The Morgan fingerprint density at radius 3 is 2.47 bits per heavy atom. The number of carboxylic acids is 1. The minimum atomic E-state index is -0.864. The van der Waals surface area contributed by atoms with E-state index in [-0.39, 0.29) is 12.3 Å². The zero-order chi connectivity index (χ0) is 11.7. The summed E-state index contributed by atoms with van der Waals surface area (Å²) in [6.07, 6.45) is 4.52. The van der Waals surface area contributed by atoms with Crippen molar-refractivity contribution in [3.8, 4) is 0 Å². The molecule has 0 atom stereocenters. The zero-order valence-electron chi connectivity index (χ0n) is 9.36. The minimum absolute atomic E-state index is 0.0209. The normalized spacial score (nSPS) is 10.0. The topological polar surface area (TPSA) is 57.6 Å². The summed E-state index contributed by atoms with van der Waals surface area (Å²) >= 11 is 1.77. The molecule has 0 bridgehead atoms. The van der Waals surface area contributed by atoms with Crippen molar-refractivity contribution >= 4 is 23.6 Å². The maximum atomic E-state index is 11.4. The first-order valence-electron chi connectivity index (χ1n) is 5.02. The van der Waals surface area contributed by atoms with Crippen LogP contribution in [0.1, 0.15) is 25.7 Å². The molecule has 0 spiro atoms. The molecule has 88 valence electrons. The van der Waals surface area contributed by atoms with Crippen LogP contribution in [-0.4, -0.2) is 47.5 Å². The fraction of sp³-hybridized carbons (Fsp3) is 0.800. The Morgan fingerprint density at radius 2 is 1.93 bits per heavy atom. The molecule has 0 rings (SSSR count). The third-order valence-electron chi connectivity index (χ3n) is 2.08. The van der Waals surface area contributed by atoms with Gasteiger partial charge in [-0.05, 0) is 24.9 Å². The van der Waals surface area contributed by atoms with Crippen LogP contribution in [0.5, 0.6) is 0 Å². The van der Waals surface area contributed by atoms with Crippen molar-refractivity contribution in [3.05, 3.63) is 0 Å². The van der Waals surface area contributed by atoms with Gasteiger partial charge in [-0.3, -0.25) is 9.59 Å². The van der Waals surface area contributed by atoms with Gasteiger partial charge in [0.1, 0.15) is 0 Å². The Morgan fingerprint density at radius 1 is 1.27 bits per heavy atom. The van der Waals surface area contributed by atoms with Crippen LogP contribution in [0.2, 0.25) is 0 Å². The molecule has 1 N–H and O–H groups in total. The van der Waals surface area contributed by atoms with Crippen LogP contribution < -0.4 is 0 Å². The van der Waals surface area contributed by atoms with Crippen molar-refractivity contribution in [2.45, 2.75) is 25.7 Å². The van der Waals surface area contributed by atoms with Gasteiger partial charge >= 0.3 is 5.97 Å². The summed E-state index contributed by atoms with van der Waals surface area (Å²) in [4.78, 5) is 23.2. The fourth-order valence-electron chi connectivity index (χ4n) is 1.10. The van der Waals surface area contributed by atoms with Crippen molar-refractivity contribution in [2.75, 3.05) is 25.6 Å². The summed E-state index contributed by atoms with van der Waals surface area (Å²) in [6, 6.07) is 0. The highest BCUT2D eigenvalue weighted by molar-refractivity contribution is 7.98. The van der Waals surface area contributed by atoms with Crippen LogP contribution in [0.15, 0.2) is 0 Å². The zero-order valence-corrected chi connectivity index (χ0v) is 10.2. The van der Waals surface area contributed by atoms with E-state index in [4.69, 9.17) is 5.11 Å². The molecule has 0 aromatic carbocycles. The average Bonchev–Trinajstić information content (AvgIpc) is 2.20. The molecule has 0 fully saturated rings. The first-order chi connectivity index (χ1) is 7.07. The number of rotatable bonds is 8. The quantitative estimate of drug-likeness (QED) is 0.645. The van der Waals surface area contributed by atoms with Crippen LogP contribution in [-0.2, 0) is 9.59 Å². The standard InChI is InChI=1S/C10H19NO3S/c1-11(7-6-10(13)14)9(12)5-3-4-8-15-2/h3-8H2,1-2H3,(H,13,14). The van der Waals surface area contributed by atoms with E-state index in [1.54, 1.807) is 18.8 Å². The monoisotopic (exact) mass is 233 g/mol. The SMILES string of the molecule is CSCCCCC(=O)N(C)CCC(=O)O. The lowest BCUT2D eigenvalue weighted by molar-refractivity contribution is -0.138. The van der Waals surface area contributed by atoms with Crippen LogP contribution in [0.4, 0.5) is 0 Å². The summed E-state index contributed by atoms with van der Waals surface area (Å²) in [5.41, 5.74) is 0. The number of amides is 1. The van der Waals surface area contributed by atoms with Gasteiger partial charge in [0.25, 0.3) is 0 Å². The summed E-state index contributed by atoms with van der Waals surface area (Å²) in [6.45, 7) is 0.302. The minimum Gasteiger partial charge on any atom is -0.481 e.